The molecule has 0 fully saturated rings. The van der Waals surface area contributed by atoms with E-state index in [-0.39, 0.29) is 19.6 Å². The molecule has 9 nitrogen and oxygen atoms in total. The zero-order chi connectivity index (χ0) is 27.1. The number of carbonyl (C=O) groups is 1. The number of phosphoric acid groups is 1. The Morgan fingerprint density at radius 2 is 1.53 bits per heavy atom. The monoisotopic (exact) mass is 536 g/mol. The maximum atomic E-state index is 12.5. The van der Waals surface area contributed by atoms with Crippen LogP contribution in [-0.2, 0) is 18.4 Å². The lowest BCUT2D eigenvalue weighted by Gasteiger charge is -2.24. The third-order valence-electron chi connectivity index (χ3n) is 5.92. The molecule has 6 N–H and O–H groups in total. The smallest absolute Gasteiger partial charge is 0.393 e. The SMILES string of the molecule is CCCCCCC/C=C/C(O)C(COP(=O)(O)OCCN)NC(=O)CC(O)CCCCCCCCC. The molecule has 0 radical (unpaired) electrons. The summed E-state index contributed by atoms with van der Waals surface area (Å²) < 4.78 is 21.7. The first-order valence-electron chi connectivity index (χ1n) is 13.9. The first-order chi connectivity index (χ1) is 17.3. The topological polar surface area (TPSA) is 151 Å². The average molecular weight is 537 g/mol. The lowest BCUT2D eigenvalue weighted by atomic mass is 10.0. The van der Waals surface area contributed by atoms with E-state index in [1.165, 1.54) is 44.9 Å². The number of nitrogens with one attached hydrogen (secondary N) is 1. The maximum absolute atomic E-state index is 12.5. The molecule has 0 aliphatic carbocycles. The quantitative estimate of drug-likeness (QED) is 0.0638. The summed E-state index contributed by atoms with van der Waals surface area (Å²) in [6, 6.07) is -0.971. The summed E-state index contributed by atoms with van der Waals surface area (Å²) in [6.45, 7) is 3.80. The highest BCUT2D eigenvalue weighted by Gasteiger charge is 2.27. The molecule has 36 heavy (non-hydrogen) atoms. The molecule has 0 spiro atoms. The van der Waals surface area contributed by atoms with Crippen molar-refractivity contribution in [1.82, 2.24) is 5.32 Å². The molecule has 0 aromatic heterocycles. The number of unbranched alkanes of at least 4 members (excludes halogenated alkanes) is 11. The third kappa shape index (κ3) is 21.3. The molecule has 1 amide bonds. The molecular formula is C26H53N2O7P. The summed E-state index contributed by atoms with van der Waals surface area (Å²) in [7, 11) is -4.37. The summed E-state index contributed by atoms with van der Waals surface area (Å²) in [5.41, 5.74) is 5.29. The Morgan fingerprint density at radius 3 is 2.14 bits per heavy atom. The Morgan fingerprint density at radius 1 is 0.944 bits per heavy atom. The van der Waals surface area contributed by atoms with Crippen molar-refractivity contribution in [3.63, 3.8) is 0 Å². The van der Waals surface area contributed by atoms with Crippen molar-refractivity contribution in [2.24, 2.45) is 5.73 Å². The molecule has 0 bridgehead atoms. The van der Waals surface area contributed by atoms with Crippen LogP contribution >= 0.6 is 7.82 Å². The van der Waals surface area contributed by atoms with Crippen molar-refractivity contribution in [1.29, 1.82) is 0 Å². The number of phosphoric ester groups is 1. The van der Waals surface area contributed by atoms with Gasteiger partial charge in [-0.2, -0.15) is 0 Å². The predicted molar refractivity (Wildman–Crippen MR) is 144 cm³/mol. The molecule has 0 saturated carbocycles. The van der Waals surface area contributed by atoms with E-state index in [0.717, 1.165) is 38.5 Å². The van der Waals surface area contributed by atoms with Gasteiger partial charge in [0.25, 0.3) is 0 Å². The number of allylic oxidation sites excluding steroid dienone is 1. The molecule has 0 aliphatic heterocycles. The largest absolute Gasteiger partial charge is 0.472 e. The van der Waals surface area contributed by atoms with Crippen LogP contribution in [-0.4, -0.2) is 59.0 Å². The Bertz CT molecular complexity index is 607. The van der Waals surface area contributed by atoms with Gasteiger partial charge in [0, 0.05) is 6.54 Å². The van der Waals surface area contributed by atoms with Crippen LogP contribution in [0.2, 0.25) is 0 Å². The van der Waals surface area contributed by atoms with Crippen LogP contribution in [0.5, 0.6) is 0 Å². The standard InChI is InChI=1S/C26H53N2O7P/c1-3-5-7-9-11-13-15-17-23(29)21-26(31)28-24(22-35-36(32,33)34-20-19-27)25(30)18-16-14-12-10-8-6-4-2/h16,18,23-25,29-30H,3-15,17,19-22,27H2,1-2H3,(H,28,31)(H,32,33)/b18-16+. The van der Waals surface area contributed by atoms with Crippen molar-refractivity contribution in [2.75, 3.05) is 19.8 Å². The Balaban J connectivity index is 4.68. The second-order valence-electron chi connectivity index (χ2n) is 9.45. The lowest BCUT2D eigenvalue weighted by molar-refractivity contribution is -0.124. The highest BCUT2D eigenvalue weighted by molar-refractivity contribution is 7.47. The van der Waals surface area contributed by atoms with Gasteiger partial charge in [0.05, 0.1) is 37.9 Å². The van der Waals surface area contributed by atoms with Gasteiger partial charge in [0.2, 0.25) is 5.91 Å². The number of hydrogen-bond donors (Lipinski definition) is 5. The first kappa shape index (κ1) is 35.2. The number of hydrogen-bond acceptors (Lipinski definition) is 7. The number of rotatable bonds is 25. The van der Waals surface area contributed by atoms with Crippen LogP contribution in [0.1, 0.15) is 110 Å². The summed E-state index contributed by atoms with van der Waals surface area (Å²) in [4.78, 5) is 22.3. The number of carbonyl (C=O) groups excluding carboxylic acids is 1. The molecule has 10 heteroatoms. The molecule has 0 aromatic rings. The van der Waals surface area contributed by atoms with E-state index in [1.54, 1.807) is 6.08 Å². The van der Waals surface area contributed by atoms with Gasteiger partial charge in [0.1, 0.15) is 0 Å². The summed E-state index contributed by atoms with van der Waals surface area (Å²) >= 11 is 0. The lowest BCUT2D eigenvalue weighted by Crippen LogP contribution is -2.46. The normalized spacial score (nSPS) is 16.1. The van der Waals surface area contributed by atoms with Gasteiger partial charge in [-0.15, -0.1) is 0 Å². The average Bonchev–Trinajstić information content (AvgIpc) is 2.84. The fourth-order valence-electron chi connectivity index (χ4n) is 3.76. The van der Waals surface area contributed by atoms with Gasteiger partial charge in [0.15, 0.2) is 0 Å². The van der Waals surface area contributed by atoms with Crippen LogP contribution in [0.4, 0.5) is 0 Å². The van der Waals surface area contributed by atoms with Crippen LogP contribution in [0.25, 0.3) is 0 Å². The Labute approximate surface area is 218 Å². The van der Waals surface area contributed by atoms with Crippen LogP contribution in [0, 0.1) is 0 Å². The van der Waals surface area contributed by atoms with Crippen LogP contribution in [0.15, 0.2) is 12.2 Å². The summed E-state index contributed by atoms with van der Waals surface area (Å²) in [5.74, 6) is -0.457. The van der Waals surface area contributed by atoms with Crippen LogP contribution in [0.3, 0.4) is 0 Å². The summed E-state index contributed by atoms with van der Waals surface area (Å²) in [5, 5.41) is 23.5. The minimum Gasteiger partial charge on any atom is -0.393 e. The van der Waals surface area contributed by atoms with E-state index >= 15 is 0 Å². The third-order valence-corrected chi connectivity index (χ3v) is 6.90. The molecule has 4 unspecified atom stereocenters. The van der Waals surface area contributed by atoms with E-state index in [4.69, 9.17) is 14.8 Å². The number of aliphatic hydroxyl groups is 2. The number of nitrogens with two attached hydrogens (primary N) is 1. The van der Waals surface area contributed by atoms with E-state index < -0.39 is 38.6 Å². The minimum absolute atomic E-state index is 0.0499. The molecule has 0 rings (SSSR count). The zero-order valence-corrected chi connectivity index (χ0v) is 23.5. The van der Waals surface area contributed by atoms with Crippen molar-refractivity contribution >= 4 is 13.7 Å². The van der Waals surface area contributed by atoms with Gasteiger partial charge in [-0.3, -0.25) is 13.8 Å². The van der Waals surface area contributed by atoms with Gasteiger partial charge in [-0.05, 0) is 19.3 Å². The fourth-order valence-corrected chi connectivity index (χ4v) is 4.52. The zero-order valence-electron chi connectivity index (χ0n) is 22.6. The molecular weight excluding hydrogens is 483 g/mol. The highest BCUT2D eigenvalue weighted by atomic mass is 31.2. The minimum atomic E-state index is -4.37. The van der Waals surface area contributed by atoms with Gasteiger partial charge < -0.3 is 26.2 Å². The van der Waals surface area contributed by atoms with Gasteiger partial charge in [-0.25, -0.2) is 4.57 Å². The van der Waals surface area contributed by atoms with E-state index in [9.17, 15) is 24.5 Å². The molecule has 0 aliphatic rings. The molecule has 0 heterocycles. The van der Waals surface area contributed by atoms with Crippen molar-refractivity contribution < 1.29 is 33.5 Å². The second-order valence-corrected chi connectivity index (χ2v) is 10.9. The van der Waals surface area contributed by atoms with Crippen molar-refractivity contribution in [3.05, 3.63) is 12.2 Å². The second kappa shape index (κ2) is 23.3. The maximum Gasteiger partial charge on any atom is 0.472 e. The predicted octanol–water partition coefficient (Wildman–Crippen LogP) is 4.73. The van der Waals surface area contributed by atoms with Crippen LogP contribution < -0.4 is 11.1 Å². The number of amides is 1. The number of aliphatic hydroxyl groups excluding tert-OH is 2. The fraction of sp³-hybridized carbons (Fsp3) is 0.885. The van der Waals surface area contributed by atoms with E-state index in [1.807, 2.05) is 6.08 Å². The van der Waals surface area contributed by atoms with E-state index in [0.29, 0.717) is 6.42 Å². The Hall–Kier alpha value is -0.800. The van der Waals surface area contributed by atoms with Crippen molar-refractivity contribution in [3.8, 4) is 0 Å². The molecule has 0 aromatic carbocycles. The van der Waals surface area contributed by atoms with Gasteiger partial charge in [-0.1, -0.05) is 96.6 Å². The van der Waals surface area contributed by atoms with Crippen molar-refractivity contribution in [2.45, 2.75) is 128 Å². The van der Waals surface area contributed by atoms with E-state index in [2.05, 4.69) is 19.2 Å². The summed E-state index contributed by atoms with van der Waals surface area (Å²) in [6.07, 6.45) is 16.3. The van der Waals surface area contributed by atoms with Gasteiger partial charge >= 0.3 is 7.82 Å². The molecule has 0 saturated heterocycles. The Kier molecular flexibility index (Phi) is 22.8. The highest BCUT2D eigenvalue weighted by Crippen LogP contribution is 2.43. The molecule has 4 atom stereocenters. The first-order valence-corrected chi connectivity index (χ1v) is 15.4. The molecule has 214 valence electrons.